The summed E-state index contributed by atoms with van der Waals surface area (Å²) in [6, 6.07) is -0.348. The third kappa shape index (κ3) is 6.75. The average Bonchev–Trinajstić information content (AvgIpc) is 2.45. The van der Waals surface area contributed by atoms with Gasteiger partial charge in [-0.2, -0.15) is 0 Å². The molecular weight excluding hydrogens is 280 g/mol. The van der Waals surface area contributed by atoms with Crippen LogP contribution in [0.1, 0.15) is 40.5 Å². The molecular formula is C16H32N4O2. The molecule has 0 unspecified atom stereocenters. The van der Waals surface area contributed by atoms with E-state index in [0.29, 0.717) is 5.92 Å². The fraction of sp³-hybridized carbons (Fsp3) is 0.875. The fourth-order valence-electron chi connectivity index (χ4n) is 2.64. The second-order valence-electron chi connectivity index (χ2n) is 7.02. The summed E-state index contributed by atoms with van der Waals surface area (Å²) in [5.74, 6) is 0.336. The first-order valence-electron chi connectivity index (χ1n) is 8.34. The maximum absolute atomic E-state index is 11.9. The number of hydrogen-bond acceptors (Lipinski definition) is 4. The van der Waals surface area contributed by atoms with Crippen LogP contribution in [0.3, 0.4) is 0 Å². The molecule has 6 nitrogen and oxygen atoms in total. The monoisotopic (exact) mass is 312 g/mol. The SMILES string of the molecule is CC(C)CN1CCC(NC(=O)CNC(=O)[C@@H](N)C(C)C)CC1. The molecule has 1 rings (SSSR count). The minimum atomic E-state index is -0.563. The van der Waals surface area contributed by atoms with Crippen molar-refractivity contribution in [2.24, 2.45) is 17.6 Å². The van der Waals surface area contributed by atoms with Gasteiger partial charge in [0.25, 0.3) is 0 Å². The third-order valence-electron chi connectivity index (χ3n) is 4.02. The molecule has 22 heavy (non-hydrogen) atoms. The van der Waals surface area contributed by atoms with Crippen LogP contribution in [0.4, 0.5) is 0 Å². The Kier molecular flexibility index (Phi) is 7.82. The highest BCUT2D eigenvalue weighted by Gasteiger charge is 2.22. The normalized spacial score (nSPS) is 18.5. The van der Waals surface area contributed by atoms with E-state index < -0.39 is 6.04 Å². The van der Waals surface area contributed by atoms with Gasteiger partial charge in [0.1, 0.15) is 0 Å². The van der Waals surface area contributed by atoms with Crippen molar-refractivity contribution in [1.29, 1.82) is 0 Å². The van der Waals surface area contributed by atoms with Gasteiger partial charge in [-0.25, -0.2) is 0 Å². The first-order chi connectivity index (χ1) is 10.3. The summed E-state index contributed by atoms with van der Waals surface area (Å²) in [6.07, 6.45) is 1.94. The van der Waals surface area contributed by atoms with Gasteiger partial charge in [-0.05, 0) is 24.7 Å². The van der Waals surface area contributed by atoms with E-state index >= 15 is 0 Å². The van der Waals surface area contributed by atoms with Crippen molar-refractivity contribution in [2.75, 3.05) is 26.2 Å². The van der Waals surface area contributed by atoms with E-state index in [-0.39, 0.29) is 30.3 Å². The van der Waals surface area contributed by atoms with E-state index in [1.54, 1.807) is 0 Å². The molecule has 128 valence electrons. The van der Waals surface area contributed by atoms with Crippen LogP contribution in [0.15, 0.2) is 0 Å². The van der Waals surface area contributed by atoms with E-state index in [9.17, 15) is 9.59 Å². The van der Waals surface area contributed by atoms with Crippen molar-refractivity contribution in [3.8, 4) is 0 Å². The maximum Gasteiger partial charge on any atom is 0.239 e. The molecule has 1 aliphatic heterocycles. The molecule has 1 aliphatic rings. The highest BCUT2D eigenvalue weighted by atomic mass is 16.2. The Morgan fingerprint density at radius 2 is 1.77 bits per heavy atom. The topological polar surface area (TPSA) is 87.5 Å². The Labute approximate surface area is 134 Å². The Morgan fingerprint density at radius 1 is 1.18 bits per heavy atom. The standard InChI is InChI=1S/C16H32N4O2/c1-11(2)10-20-7-5-13(6-8-20)19-14(21)9-18-16(22)15(17)12(3)4/h11-13,15H,5-10,17H2,1-4H3,(H,18,22)(H,19,21)/t15-/m0/s1. The summed E-state index contributed by atoms with van der Waals surface area (Å²) in [6.45, 7) is 11.4. The van der Waals surface area contributed by atoms with Gasteiger partial charge in [0, 0.05) is 25.7 Å². The molecule has 0 saturated carbocycles. The maximum atomic E-state index is 11.9. The van der Waals surface area contributed by atoms with Gasteiger partial charge in [-0.3, -0.25) is 9.59 Å². The zero-order valence-electron chi connectivity index (χ0n) is 14.4. The molecule has 0 aromatic carbocycles. The molecule has 0 aliphatic carbocycles. The second kappa shape index (κ2) is 9.10. The van der Waals surface area contributed by atoms with Crippen LogP contribution in [-0.2, 0) is 9.59 Å². The Morgan fingerprint density at radius 3 is 2.27 bits per heavy atom. The van der Waals surface area contributed by atoms with Gasteiger partial charge >= 0.3 is 0 Å². The van der Waals surface area contributed by atoms with Crippen LogP contribution in [0, 0.1) is 11.8 Å². The number of rotatable bonds is 7. The highest BCUT2D eigenvalue weighted by molar-refractivity contribution is 5.87. The summed E-state index contributed by atoms with van der Waals surface area (Å²) in [4.78, 5) is 26.0. The van der Waals surface area contributed by atoms with E-state index in [1.807, 2.05) is 13.8 Å². The van der Waals surface area contributed by atoms with Crippen LogP contribution >= 0.6 is 0 Å². The minimum absolute atomic E-state index is 0.00542. The first-order valence-corrected chi connectivity index (χ1v) is 8.34. The lowest BCUT2D eigenvalue weighted by atomic mass is 10.0. The van der Waals surface area contributed by atoms with Crippen molar-refractivity contribution < 1.29 is 9.59 Å². The van der Waals surface area contributed by atoms with E-state index in [1.165, 1.54) is 0 Å². The van der Waals surface area contributed by atoms with Gasteiger partial charge in [-0.15, -0.1) is 0 Å². The lowest BCUT2D eigenvalue weighted by Gasteiger charge is -2.33. The van der Waals surface area contributed by atoms with E-state index in [0.717, 1.165) is 32.5 Å². The van der Waals surface area contributed by atoms with Crippen LogP contribution < -0.4 is 16.4 Å². The number of nitrogens with two attached hydrogens (primary N) is 1. The van der Waals surface area contributed by atoms with Crippen LogP contribution in [0.5, 0.6) is 0 Å². The Hall–Kier alpha value is -1.14. The number of nitrogens with one attached hydrogen (secondary N) is 2. The quantitative estimate of drug-likeness (QED) is 0.632. The molecule has 1 heterocycles. The molecule has 1 atom stereocenters. The number of carbonyl (C=O) groups excluding carboxylic acids is 2. The van der Waals surface area contributed by atoms with Crippen LogP contribution in [-0.4, -0.2) is 55.0 Å². The van der Waals surface area contributed by atoms with Crippen molar-refractivity contribution in [1.82, 2.24) is 15.5 Å². The Bertz CT molecular complexity index is 363. The number of amides is 2. The number of hydrogen-bond donors (Lipinski definition) is 3. The van der Waals surface area contributed by atoms with Crippen LogP contribution in [0.25, 0.3) is 0 Å². The zero-order valence-corrected chi connectivity index (χ0v) is 14.4. The molecule has 2 amide bonds. The summed E-state index contributed by atoms with van der Waals surface area (Å²) in [5, 5.41) is 5.60. The molecule has 4 N–H and O–H groups in total. The lowest BCUT2D eigenvalue weighted by Crippen LogP contribution is -2.50. The summed E-state index contributed by atoms with van der Waals surface area (Å²) >= 11 is 0. The molecule has 0 radical (unpaired) electrons. The van der Waals surface area contributed by atoms with Crippen molar-refractivity contribution in [3.05, 3.63) is 0 Å². The fourth-order valence-corrected chi connectivity index (χ4v) is 2.64. The van der Waals surface area contributed by atoms with Crippen molar-refractivity contribution in [2.45, 2.75) is 52.6 Å². The van der Waals surface area contributed by atoms with Crippen molar-refractivity contribution >= 4 is 11.8 Å². The smallest absolute Gasteiger partial charge is 0.239 e. The first kappa shape index (κ1) is 18.9. The predicted molar refractivity (Wildman–Crippen MR) is 88.3 cm³/mol. The average molecular weight is 312 g/mol. The lowest BCUT2D eigenvalue weighted by molar-refractivity contribution is -0.127. The number of likely N-dealkylation sites (tertiary alicyclic amines) is 1. The van der Waals surface area contributed by atoms with Crippen molar-refractivity contribution in [3.63, 3.8) is 0 Å². The summed E-state index contributed by atoms with van der Waals surface area (Å²) in [7, 11) is 0. The second-order valence-corrected chi connectivity index (χ2v) is 7.02. The molecule has 1 fully saturated rings. The zero-order chi connectivity index (χ0) is 16.7. The molecule has 0 aromatic rings. The highest BCUT2D eigenvalue weighted by Crippen LogP contribution is 2.11. The van der Waals surface area contributed by atoms with E-state index in [4.69, 9.17) is 5.73 Å². The molecule has 6 heteroatoms. The van der Waals surface area contributed by atoms with Gasteiger partial charge in [-0.1, -0.05) is 27.7 Å². The van der Waals surface area contributed by atoms with Gasteiger partial charge in [0.05, 0.1) is 12.6 Å². The van der Waals surface area contributed by atoms with Gasteiger partial charge in [0.15, 0.2) is 0 Å². The molecule has 0 aromatic heterocycles. The molecule has 0 spiro atoms. The Balaban J connectivity index is 2.22. The number of nitrogens with zero attached hydrogens (tertiary/aromatic N) is 1. The molecule has 1 saturated heterocycles. The largest absolute Gasteiger partial charge is 0.352 e. The predicted octanol–water partition coefficient (Wildman–Crippen LogP) is 0.323. The van der Waals surface area contributed by atoms with Gasteiger partial charge in [0.2, 0.25) is 11.8 Å². The summed E-state index contributed by atoms with van der Waals surface area (Å²) < 4.78 is 0. The van der Waals surface area contributed by atoms with Gasteiger partial charge < -0.3 is 21.3 Å². The summed E-state index contributed by atoms with van der Waals surface area (Å²) in [5.41, 5.74) is 5.74. The number of piperidine rings is 1. The minimum Gasteiger partial charge on any atom is -0.352 e. The molecule has 0 bridgehead atoms. The number of carbonyl (C=O) groups is 2. The van der Waals surface area contributed by atoms with E-state index in [2.05, 4.69) is 29.4 Å². The van der Waals surface area contributed by atoms with Crippen LogP contribution in [0.2, 0.25) is 0 Å². The third-order valence-corrected chi connectivity index (χ3v) is 4.02.